The molecule has 0 aromatic heterocycles. The highest BCUT2D eigenvalue weighted by molar-refractivity contribution is 4.87. The molecule has 60 valence electrons. The van der Waals surface area contributed by atoms with Gasteiger partial charge in [-0.05, 0) is 39.8 Å². The second kappa shape index (κ2) is 2.89. The summed E-state index contributed by atoms with van der Waals surface area (Å²) in [7, 11) is 4.27. The van der Waals surface area contributed by atoms with Gasteiger partial charge in [0, 0.05) is 12.1 Å². The van der Waals surface area contributed by atoms with Crippen molar-refractivity contribution in [2.24, 2.45) is 11.7 Å². The molecule has 0 radical (unpaired) electrons. The van der Waals surface area contributed by atoms with Crippen LogP contribution in [0.3, 0.4) is 0 Å². The van der Waals surface area contributed by atoms with E-state index in [9.17, 15) is 0 Å². The second-order valence-electron chi connectivity index (χ2n) is 3.70. The Balaban J connectivity index is 2.24. The summed E-state index contributed by atoms with van der Waals surface area (Å²) >= 11 is 0. The second-order valence-corrected chi connectivity index (χ2v) is 3.70. The first kappa shape index (κ1) is 8.02. The normalized spacial score (nSPS) is 35.7. The molecule has 2 heteroatoms. The predicted molar refractivity (Wildman–Crippen MR) is 43.8 cm³/mol. The van der Waals surface area contributed by atoms with Crippen LogP contribution < -0.4 is 5.73 Å². The van der Waals surface area contributed by atoms with Gasteiger partial charge in [-0.2, -0.15) is 0 Å². The van der Waals surface area contributed by atoms with Gasteiger partial charge in [-0.15, -0.1) is 0 Å². The van der Waals surface area contributed by atoms with Crippen molar-refractivity contribution in [3.05, 3.63) is 0 Å². The molecule has 0 aliphatic heterocycles. The molecule has 2 nitrogen and oxygen atoms in total. The van der Waals surface area contributed by atoms with Gasteiger partial charge in [0.1, 0.15) is 0 Å². The van der Waals surface area contributed by atoms with Crippen LogP contribution in [0.1, 0.15) is 19.8 Å². The maximum absolute atomic E-state index is 5.69. The molecule has 1 aliphatic rings. The molecule has 0 aromatic carbocycles. The van der Waals surface area contributed by atoms with E-state index in [1.54, 1.807) is 0 Å². The lowest BCUT2D eigenvalue weighted by Crippen LogP contribution is -2.46. The number of hydrogen-bond donors (Lipinski definition) is 1. The number of nitrogens with two attached hydrogens (primary N) is 1. The summed E-state index contributed by atoms with van der Waals surface area (Å²) in [5.74, 6) is 0.852. The first-order valence-electron chi connectivity index (χ1n) is 4.03. The zero-order chi connectivity index (χ0) is 7.72. The zero-order valence-electron chi connectivity index (χ0n) is 7.17. The van der Waals surface area contributed by atoms with Gasteiger partial charge >= 0.3 is 0 Å². The fraction of sp³-hybridized carbons (Fsp3) is 1.00. The molecule has 10 heavy (non-hydrogen) atoms. The SMILES string of the molecule is CC(C1CC(N)C1)N(C)C. The Morgan fingerprint density at radius 2 is 1.90 bits per heavy atom. The van der Waals surface area contributed by atoms with E-state index in [4.69, 9.17) is 5.73 Å². The lowest BCUT2D eigenvalue weighted by Gasteiger charge is -2.39. The molecule has 2 N–H and O–H groups in total. The van der Waals surface area contributed by atoms with Gasteiger partial charge in [0.2, 0.25) is 0 Å². The molecule has 1 atom stereocenters. The van der Waals surface area contributed by atoms with Crippen molar-refractivity contribution in [3.8, 4) is 0 Å². The maximum Gasteiger partial charge on any atom is 0.00902 e. The Hall–Kier alpha value is -0.0800. The highest BCUT2D eigenvalue weighted by Gasteiger charge is 2.31. The third kappa shape index (κ3) is 1.50. The molecule has 1 saturated carbocycles. The van der Waals surface area contributed by atoms with Crippen molar-refractivity contribution < 1.29 is 0 Å². The summed E-state index contributed by atoms with van der Waals surface area (Å²) in [6, 6.07) is 1.20. The number of rotatable bonds is 2. The van der Waals surface area contributed by atoms with Crippen LogP contribution in [0, 0.1) is 5.92 Å². The van der Waals surface area contributed by atoms with E-state index in [2.05, 4.69) is 25.9 Å². The van der Waals surface area contributed by atoms with Crippen LogP contribution in [0.15, 0.2) is 0 Å². The molecular weight excluding hydrogens is 124 g/mol. The standard InChI is InChI=1S/C8H18N2/c1-6(10(2)3)7-4-8(9)5-7/h6-8H,4-5,9H2,1-3H3. The van der Waals surface area contributed by atoms with Crippen LogP contribution in [0.25, 0.3) is 0 Å². The maximum atomic E-state index is 5.69. The Kier molecular flexibility index (Phi) is 2.32. The summed E-state index contributed by atoms with van der Waals surface area (Å²) in [5, 5.41) is 0. The minimum Gasteiger partial charge on any atom is -0.328 e. The first-order chi connectivity index (χ1) is 4.61. The largest absolute Gasteiger partial charge is 0.328 e. The third-order valence-electron chi connectivity index (χ3n) is 2.71. The highest BCUT2D eigenvalue weighted by atomic mass is 15.1. The molecule has 0 spiro atoms. The van der Waals surface area contributed by atoms with Gasteiger partial charge in [-0.1, -0.05) is 0 Å². The van der Waals surface area contributed by atoms with Crippen LogP contribution in [0.5, 0.6) is 0 Å². The van der Waals surface area contributed by atoms with Crippen LogP contribution in [0.4, 0.5) is 0 Å². The Morgan fingerprint density at radius 1 is 1.40 bits per heavy atom. The van der Waals surface area contributed by atoms with Crippen LogP contribution in [-0.4, -0.2) is 31.1 Å². The topological polar surface area (TPSA) is 29.3 Å². The van der Waals surface area contributed by atoms with Gasteiger partial charge in [0.25, 0.3) is 0 Å². The minimum absolute atomic E-state index is 0.493. The van der Waals surface area contributed by atoms with Crippen molar-refractivity contribution in [2.75, 3.05) is 14.1 Å². The van der Waals surface area contributed by atoms with E-state index >= 15 is 0 Å². The molecule has 0 aromatic rings. The molecule has 0 bridgehead atoms. The Bertz CT molecular complexity index is 106. The highest BCUT2D eigenvalue weighted by Crippen LogP contribution is 2.30. The van der Waals surface area contributed by atoms with Crippen LogP contribution in [0.2, 0.25) is 0 Å². The summed E-state index contributed by atoms with van der Waals surface area (Å²) in [6.45, 7) is 2.27. The summed E-state index contributed by atoms with van der Waals surface area (Å²) in [6.07, 6.45) is 2.44. The molecule has 1 unspecified atom stereocenters. The van der Waals surface area contributed by atoms with E-state index in [0.29, 0.717) is 12.1 Å². The van der Waals surface area contributed by atoms with Crippen LogP contribution in [-0.2, 0) is 0 Å². The number of hydrogen-bond acceptors (Lipinski definition) is 2. The van der Waals surface area contributed by atoms with Gasteiger partial charge in [0.05, 0.1) is 0 Å². The molecule has 0 amide bonds. The first-order valence-corrected chi connectivity index (χ1v) is 4.03. The fourth-order valence-electron chi connectivity index (χ4n) is 1.52. The van der Waals surface area contributed by atoms with Crippen molar-refractivity contribution in [1.82, 2.24) is 4.90 Å². The molecule has 0 saturated heterocycles. The lowest BCUT2D eigenvalue weighted by molar-refractivity contribution is 0.135. The van der Waals surface area contributed by atoms with E-state index in [1.807, 2.05) is 0 Å². The molecule has 1 rings (SSSR count). The molecular formula is C8H18N2. The van der Waals surface area contributed by atoms with Crippen molar-refractivity contribution >= 4 is 0 Å². The van der Waals surface area contributed by atoms with E-state index in [0.717, 1.165) is 5.92 Å². The van der Waals surface area contributed by atoms with Crippen molar-refractivity contribution in [1.29, 1.82) is 0 Å². The Morgan fingerprint density at radius 3 is 2.20 bits per heavy atom. The molecule has 1 fully saturated rings. The predicted octanol–water partition coefficient (Wildman–Crippen LogP) is 0.674. The van der Waals surface area contributed by atoms with Crippen LogP contribution >= 0.6 is 0 Å². The van der Waals surface area contributed by atoms with Gasteiger partial charge in [-0.3, -0.25) is 0 Å². The average Bonchev–Trinajstić information content (AvgIpc) is 1.79. The summed E-state index contributed by atoms with van der Waals surface area (Å²) in [5.41, 5.74) is 5.69. The quantitative estimate of drug-likeness (QED) is 0.614. The molecule has 1 aliphatic carbocycles. The summed E-state index contributed by atoms with van der Waals surface area (Å²) in [4.78, 5) is 2.27. The van der Waals surface area contributed by atoms with Gasteiger partial charge in [0.15, 0.2) is 0 Å². The van der Waals surface area contributed by atoms with Gasteiger partial charge < -0.3 is 10.6 Å². The number of nitrogens with zero attached hydrogens (tertiary/aromatic N) is 1. The van der Waals surface area contributed by atoms with E-state index in [-0.39, 0.29) is 0 Å². The smallest absolute Gasteiger partial charge is 0.00902 e. The molecule has 0 heterocycles. The van der Waals surface area contributed by atoms with E-state index in [1.165, 1.54) is 12.8 Å². The lowest BCUT2D eigenvalue weighted by atomic mass is 9.76. The summed E-state index contributed by atoms with van der Waals surface area (Å²) < 4.78 is 0. The zero-order valence-corrected chi connectivity index (χ0v) is 7.17. The fourth-order valence-corrected chi connectivity index (χ4v) is 1.52. The van der Waals surface area contributed by atoms with Gasteiger partial charge in [-0.25, -0.2) is 0 Å². The monoisotopic (exact) mass is 142 g/mol. The average molecular weight is 142 g/mol. The Labute approximate surface area is 63.4 Å². The van der Waals surface area contributed by atoms with Crippen molar-refractivity contribution in [2.45, 2.75) is 31.8 Å². The third-order valence-corrected chi connectivity index (χ3v) is 2.71. The minimum atomic E-state index is 0.493. The van der Waals surface area contributed by atoms with Crippen molar-refractivity contribution in [3.63, 3.8) is 0 Å². The van der Waals surface area contributed by atoms with E-state index < -0.39 is 0 Å².